The van der Waals surface area contributed by atoms with Crippen molar-refractivity contribution in [1.82, 2.24) is 9.97 Å². The predicted octanol–water partition coefficient (Wildman–Crippen LogP) is 1.63. The number of amidine groups is 1. The van der Waals surface area contributed by atoms with Gasteiger partial charge in [-0.2, -0.15) is 0 Å². The summed E-state index contributed by atoms with van der Waals surface area (Å²) >= 11 is 0. The maximum atomic E-state index is 5.70. The highest BCUT2D eigenvalue weighted by atomic mass is 15.0. The van der Waals surface area contributed by atoms with Crippen molar-refractivity contribution in [3.63, 3.8) is 0 Å². The maximum Gasteiger partial charge on any atom is 0.130 e. The van der Waals surface area contributed by atoms with Crippen LogP contribution >= 0.6 is 0 Å². The van der Waals surface area contributed by atoms with E-state index in [0.29, 0.717) is 5.84 Å². The highest BCUT2D eigenvalue weighted by molar-refractivity contribution is 5.80. The molecule has 1 aromatic heterocycles. The first-order valence-electron chi connectivity index (χ1n) is 4.55. The number of hydrogen-bond donors (Lipinski definition) is 2. The lowest BCUT2D eigenvalue weighted by Crippen LogP contribution is -2.12. The van der Waals surface area contributed by atoms with Gasteiger partial charge in [-0.25, -0.2) is 4.98 Å². The first-order chi connectivity index (χ1) is 6.24. The summed E-state index contributed by atoms with van der Waals surface area (Å²) in [6.07, 6.45) is 5.39. The first kappa shape index (κ1) is 9.77. The minimum Gasteiger partial charge on any atom is -0.387 e. The number of aromatic nitrogens is 2. The highest BCUT2D eigenvalue weighted by Crippen LogP contribution is 2.11. The molecule has 13 heavy (non-hydrogen) atoms. The third kappa shape index (κ3) is 2.89. The standard InChI is InChI=1S/C9H16N4/c1-3-4-8(10)13-7(2)9-11-5-6-12-9/h5-7H,3-4H2,1-2H3,(H2,10,13)(H,11,12). The maximum absolute atomic E-state index is 5.70. The Hall–Kier alpha value is -1.32. The Labute approximate surface area is 78.3 Å². The number of H-pyrrole nitrogens is 1. The van der Waals surface area contributed by atoms with E-state index in [0.717, 1.165) is 18.7 Å². The Kier molecular flexibility index (Phi) is 3.49. The first-order valence-corrected chi connectivity index (χ1v) is 4.55. The zero-order chi connectivity index (χ0) is 9.68. The Balaban J connectivity index is 2.59. The fourth-order valence-corrected chi connectivity index (χ4v) is 1.14. The quantitative estimate of drug-likeness (QED) is 0.546. The smallest absolute Gasteiger partial charge is 0.130 e. The molecule has 0 aliphatic carbocycles. The topological polar surface area (TPSA) is 67.1 Å². The highest BCUT2D eigenvalue weighted by Gasteiger charge is 2.05. The Bertz CT molecular complexity index is 263. The van der Waals surface area contributed by atoms with Gasteiger partial charge in [-0.15, -0.1) is 0 Å². The van der Waals surface area contributed by atoms with Crippen molar-refractivity contribution in [1.29, 1.82) is 0 Å². The summed E-state index contributed by atoms with van der Waals surface area (Å²) in [6, 6.07) is 0.0292. The fraction of sp³-hybridized carbons (Fsp3) is 0.556. The van der Waals surface area contributed by atoms with E-state index in [1.54, 1.807) is 12.4 Å². The average molecular weight is 180 g/mol. The van der Waals surface area contributed by atoms with Crippen molar-refractivity contribution in [2.75, 3.05) is 0 Å². The zero-order valence-electron chi connectivity index (χ0n) is 8.12. The van der Waals surface area contributed by atoms with Crippen molar-refractivity contribution in [2.45, 2.75) is 32.7 Å². The summed E-state index contributed by atoms with van der Waals surface area (Å²) < 4.78 is 0. The molecule has 72 valence electrons. The average Bonchev–Trinajstić information content (AvgIpc) is 2.55. The van der Waals surface area contributed by atoms with Crippen LogP contribution in [0.2, 0.25) is 0 Å². The second kappa shape index (κ2) is 4.64. The summed E-state index contributed by atoms with van der Waals surface area (Å²) in [7, 11) is 0. The van der Waals surface area contributed by atoms with Crippen LogP contribution < -0.4 is 5.73 Å². The molecule has 0 saturated carbocycles. The molecule has 0 bridgehead atoms. The predicted molar refractivity (Wildman–Crippen MR) is 53.5 cm³/mol. The molecule has 0 aliphatic rings. The fourth-order valence-electron chi connectivity index (χ4n) is 1.14. The summed E-state index contributed by atoms with van der Waals surface area (Å²) in [5.41, 5.74) is 5.70. The molecule has 0 saturated heterocycles. The van der Waals surface area contributed by atoms with Gasteiger partial charge in [0.15, 0.2) is 0 Å². The van der Waals surface area contributed by atoms with Crippen LogP contribution in [-0.4, -0.2) is 15.8 Å². The lowest BCUT2D eigenvalue weighted by atomic mass is 10.3. The summed E-state index contributed by atoms with van der Waals surface area (Å²) in [5.74, 6) is 1.56. The van der Waals surface area contributed by atoms with Gasteiger partial charge in [0.1, 0.15) is 11.9 Å². The molecular formula is C9H16N4. The molecule has 0 amide bonds. The normalized spacial score (nSPS) is 14.5. The van der Waals surface area contributed by atoms with Gasteiger partial charge >= 0.3 is 0 Å². The van der Waals surface area contributed by atoms with E-state index in [9.17, 15) is 0 Å². The van der Waals surface area contributed by atoms with Crippen molar-refractivity contribution in [2.24, 2.45) is 10.7 Å². The minimum absolute atomic E-state index is 0.0292. The van der Waals surface area contributed by atoms with Gasteiger partial charge in [0.2, 0.25) is 0 Å². The Morgan fingerprint density at radius 3 is 3.08 bits per heavy atom. The Morgan fingerprint density at radius 1 is 1.77 bits per heavy atom. The van der Waals surface area contributed by atoms with Gasteiger partial charge in [-0.3, -0.25) is 4.99 Å². The molecule has 0 spiro atoms. The molecule has 1 unspecified atom stereocenters. The number of nitrogens with two attached hydrogens (primary N) is 1. The minimum atomic E-state index is 0.0292. The van der Waals surface area contributed by atoms with Gasteiger partial charge in [-0.05, 0) is 13.3 Å². The van der Waals surface area contributed by atoms with Crippen LogP contribution in [0.5, 0.6) is 0 Å². The van der Waals surface area contributed by atoms with Gasteiger partial charge < -0.3 is 10.7 Å². The summed E-state index contributed by atoms with van der Waals surface area (Å²) in [6.45, 7) is 4.06. The number of nitrogens with zero attached hydrogens (tertiary/aromatic N) is 2. The van der Waals surface area contributed by atoms with Crippen LogP contribution in [0.1, 0.15) is 38.6 Å². The monoisotopic (exact) mass is 180 g/mol. The van der Waals surface area contributed by atoms with Crippen LogP contribution in [-0.2, 0) is 0 Å². The van der Waals surface area contributed by atoms with E-state index < -0.39 is 0 Å². The zero-order valence-corrected chi connectivity index (χ0v) is 8.12. The molecule has 1 atom stereocenters. The van der Waals surface area contributed by atoms with E-state index in [1.165, 1.54) is 0 Å². The number of imidazole rings is 1. The molecule has 0 aliphatic heterocycles. The van der Waals surface area contributed by atoms with E-state index in [-0.39, 0.29) is 6.04 Å². The van der Waals surface area contributed by atoms with Gasteiger partial charge in [0.25, 0.3) is 0 Å². The summed E-state index contributed by atoms with van der Waals surface area (Å²) in [4.78, 5) is 11.4. The van der Waals surface area contributed by atoms with Crippen molar-refractivity contribution >= 4 is 5.84 Å². The van der Waals surface area contributed by atoms with E-state index in [4.69, 9.17) is 5.73 Å². The van der Waals surface area contributed by atoms with Crippen LogP contribution in [0, 0.1) is 0 Å². The molecule has 3 N–H and O–H groups in total. The number of nitrogens with one attached hydrogen (secondary N) is 1. The molecule has 1 heterocycles. The van der Waals surface area contributed by atoms with E-state index >= 15 is 0 Å². The van der Waals surface area contributed by atoms with Crippen molar-refractivity contribution in [3.8, 4) is 0 Å². The van der Waals surface area contributed by atoms with E-state index in [2.05, 4.69) is 21.9 Å². The second-order valence-electron chi connectivity index (χ2n) is 3.02. The number of aliphatic imine (C=N–C) groups is 1. The molecule has 1 aromatic rings. The molecule has 4 heteroatoms. The largest absolute Gasteiger partial charge is 0.387 e. The van der Waals surface area contributed by atoms with Crippen LogP contribution in [0.3, 0.4) is 0 Å². The third-order valence-electron chi connectivity index (χ3n) is 1.78. The van der Waals surface area contributed by atoms with Gasteiger partial charge in [0.05, 0.1) is 5.84 Å². The molecule has 1 rings (SSSR count). The molecule has 0 fully saturated rings. The second-order valence-corrected chi connectivity index (χ2v) is 3.02. The van der Waals surface area contributed by atoms with Gasteiger partial charge in [-0.1, -0.05) is 6.92 Å². The number of rotatable bonds is 4. The summed E-state index contributed by atoms with van der Waals surface area (Å²) in [5, 5.41) is 0. The van der Waals surface area contributed by atoms with Crippen molar-refractivity contribution in [3.05, 3.63) is 18.2 Å². The lowest BCUT2D eigenvalue weighted by molar-refractivity contribution is 0.749. The molecule has 0 radical (unpaired) electrons. The van der Waals surface area contributed by atoms with Crippen LogP contribution in [0.25, 0.3) is 0 Å². The molecule has 4 nitrogen and oxygen atoms in total. The number of aromatic amines is 1. The third-order valence-corrected chi connectivity index (χ3v) is 1.78. The molecule has 0 aromatic carbocycles. The lowest BCUT2D eigenvalue weighted by Gasteiger charge is -2.04. The van der Waals surface area contributed by atoms with Gasteiger partial charge in [0, 0.05) is 18.8 Å². The van der Waals surface area contributed by atoms with Crippen LogP contribution in [0.15, 0.2) is 17.4 Å². The number of hydrogen-bond acceptors (Lipinski definition) is 2. The van der Waals surface area contributed by atoms with Crippen LogP contribution in [0.4, 0.5) is 0 Å². The molecular weight excluding hydrogens is 164 g/mol. The van der Waals surface area contributed by atoms with Crippen molar-refractivity contribution < 1.29 is 0 Å². The Morgan fingerprint density at radius 2 is 2.54 bits per heavy atom. The SMILES string of the molecule is CCCC(N)=NC(C)c1ncc[nH]1. The van der Waals surface area contributed by atoms with E-state index in [1.807, 2.05) is 6.92 Å².